The molecule has 0 unspecified atom stereocenters. The molecule has 0 aromatic carbocycles. The molecule has 0 radical (unpaired) electrons. The van der Waals surface area contributed by atoms with Crippen LogP contribution in [-0.2, 0) is 0 Å². The number of hydrogen-bond acceptors (Lipinski definition) is 4. The average Bonchev–Trinajstić information content (AvgIpc) is 2.88. The molecular formula is C13H15N3O2. The second-order valence-corrected chi connectivity index (χ2v) is 3.91. The van der Waals surface area contributed by atoms with E-state index in [1.54, 1.807) is 12.3 Å². The molecule has 0 aliphatic rings. The van der Waals surface area contributed by atoms with Gasteiger partial charge in [0.2, 0.25) is 0 Å². The maximum atomic E-state index is 11.6. The molecule has 2 rings (SSSR count). The highest BCUT2D eigenvalue weighted by molar-refractivity contribution is 5.93. The van der Waals surface area contributed by atoms with Crippen molar-refractivity contribution in [3.63, 3.8) is 0 Å². The summed E-state index contributed by atoms with van der Waals surface area (Å²) < 4.78 is 4.84. The van der Waals surface area contributed by atoms with Gasteiger partial charge in [0.1, 0.15) is 12.1 Å². The minimum absolute atomic E-state index is 0.136. The molecule has 0 saturated heterocycles. The van der Waals surface area contributed by atoms with Crippen LogP contribution in [-0.4, -0.2) is 24.0 Å². The second-order valence-electron chi connectivity index (χ2n) is 3.91. The summed E-state index contributed by atoms with van der Waals surface area (Å²) in [5.74, 6) is 0.676. The smallest absolute Gasteiger partial charge is 0.254 e. The van der Waals surface area contributed by atoms with Crippen molar-refractivity contribution in [3.05, 3.63) is 48.0 Å². The van der Waals surface area contributed by atoms with Gasteiger partial charge in [-0.3, -0.25) is 4.79 Å². The molecule has 2 N–H and O–H groups in total. The first-order valence-corrected chi connectivity index (χ1v) is 5.72. The number of aromatic nitrogens is 1. The number of carbonyl (C=O) groups excluding carboxylic acids is 1. The van der Waals surface area contributed by atoms with Crippen molar-refractivity contribution in [2.75, 3.05) is 18.4 Å². The SMILES string of the molecule is Cc1ccnc(NCCNC(=O)c2ccoc2)c1. The third-order valence-electron chi connectivity index (χ3n) is 2.42. The van der Waals surface area contributed by atoms with E-state index in [0.717, 1.165) is 11.4 Å². The van der Waals surface area contributed by atoms with Gasteiger partial charge in [-0.15, -0.1) is 0 Å². The molecule has 5 heteroatoms. The Morgan fingerprint density at radius 3 is 3.00 bits per heavy atom. The van der Waals surface area contributed by atoms with Crippen molar-refractivity contribution in [1.82, 2.24) is 10.3 Å². The summed E-state index contributed by atoms with van der Waals surface area (Å²) in [5, 5.41) is 5.92. The van der Waals surface area contributed by atoms with Crippen molar-refractivity contribution < 1.29 is 9.21 Å². The van der Waals surface area contributed by atoms with Crippen LogP contribution in [0.4, 0.5) is 5.82 Å². The van der Waals surface area contributed by atoms with Gasteiger partial charge in [0, 0.05) is 19.3 Å². The third-order valence-corrected chi connectivity index (χ3v) is 2.42. The minimum atomic E-state index is -0.136. The van der Waals surface area contributed by atoms with Crippen LogP contribution >= 0.6 is 0 Å². The summed E-state index contributed by atoms with van der Waals surface area (Å²) in [5.41, 5.74) is 1.68. The van der Waals surface area contributed by atoms with Gasteiger partial charge in [-0.2, -0.15) is 0 Å². The van der Waals surface area contributed by atoms with Gasteiger partial charge in [0.15, 0.2) is 0 Å². The Morgan fingerprint density at radius 1 is 1.39 bits per heavy atom. The van der Waals surface area contributed by atoms with E-state index in [1.165, 1.54) is 12.5 Å². The Hall–Kier alpha value is -2.30. The third kappa shape index (κ3) is 3.35. The molecule has 0 saturated carbocycles. The number of furan rings is 1. The van der Waals surface area contributed by atoms with Crippen LogP contribution in [0.2, 0.25) is 0 Å². The van der Waals surface area contributed by atoms with E-state index >= 15 is 0 Å². The topological polar surface area (TPSA) is 67.2 Å². The van der Waals surface area contributed by atoms with E-state index in [4.69, 9.17) is 4.42 Å². The summed E-state index contributed by atoms with van der Waals surface area (Å²) in [7, 11) is 0. The Kier molecular flexibility index (Phi) is 3.96. The Morgan fingerprint density at radius 2 is 2.28 bits per heavy atom. The molecule has 5 nitrogen and oxygen atoms in total. The van der Waals surface area contributed by atoms with E-state index in [0.29, 0.717) is 18.7 Å². The van der Waals surface area contributed by atoms with Crippen LogP contribution in [0.3, 0.4) is 0 Å². The predicted molar refractivity (Wildman–Crippen MR) is 68.5 cm³/mol. The van der Waals surface area contributed by atoms with Crippen LogP contribution in [0.25, 0.3) is 0 Å². The van der Waals surface area contributed by atoms with Crippen LogP contribution in [0.15, 0.2) is 41.3 Å². The monoisotopic (exact) mass is 245 g/mol. The number of amides is 1. The lowest BCUT2D eigenvalue weighted by Crippen LogP contribution is -2.28. The van der Waals surface area contributed by atoms with Gasteiger partial charge in [-0.05, 0) is 30.7 Å². The maximum absolute atomic E-state index is 11.6. The molecule has 2 aromatic heterocycles. The highest BCUT2D eigenvalue weighted by Crippen LogP contribution is 2.04. The minimum Gasteiger partial charge on any atom is -0.472 e. The summed E-state index contributed by atoms with van der Waals surface area (Å²) in [6, 6.07) is 5.52. The fourth-order valence-corrected chi connectivity index (χ4v) is 1.50. The zero-order chi connectivity index (χ0) is 12.8. The van der Waals surface area contributed by atoms with Crippen LogP contribution in [0.5, 0.6) is 0 Å². The number of aryl methyl sites for hydroxylation is 1. The van der Waals surface area contributed by atoms with Crippen LogP contribution < -0.4 is 10.6 Å². The molecule has 0 spiro atoms. The summed E-state index contributed by atoms with van der Waals surface area (Å²) in [6.07, 6.45) is 4.65. The number of anilines is 1. The highest BCUT2D eigenvalue weighted by Gasteiger charge is 2.04. The zero-order valence-electron chi connectivity index (χ0n) is 10.1. The van der Waals surface area contributed by atoms with Gasteiger partial charge in [0.05, 0.1) is 11.8 Å². The van der Waals surface area contributed by atoms with Crippen LogP contribution in [0.1, 0.15) is 15.9 Å². The van der Waals surface area contributed by atoms with E-state index in [1.807, 2.05) is 19.1 Å². The van der Waals surface area contributed by atoms with Gasteiger partial charge < -0.3 is 15.1 Å². The second kappa shape index (κ2) is 5.86. The summed E-state index contributed by atoms with van der Waals surface area (Å²) in [4.78, 5) is 15.7. The lowest BCUT2D eigenvalue weighted by molar-refractivity contribution is 0.0954. The van der Waals surface area contributed by atoms with Gasteiger partial charge in [-0.25, -0.2) is 4.98 Å². The molecule has 0 aliphatic heterocycles. The lowest BCUT2D eigenvalue weighted by Gasteiger charge is -2.06. The van der Waals surface area contributed by atoms with E-state index < -0.39 is 0 Å². The van der Waals surface area contributed by atoms with E-state index in [9.17, 15) is 4.79 Å². The average molecular weight is 245 g/mol. The molecule has 0 atom stereocenters. The molecule has 1 amide bonds. The summed E-state index contributed by atoms with van der Waals surface area (Å²) >= 11 is 0. The highest BCUT2D eigenvalue weighted by atomic mass is 16.3. The normalized spacial score (nSPS) is 10.1. The van der Waals surface area contributed by atoms with Crippen molar-refractivity contribution in [3.8, 4) is 0 Å². The predicted octanol–water partition coefficient (Wildman–Crippen LogP) is 1.82. The van der Waals surface area contributed by atoms with Gasteiger partial charge in [0.25, 0.3) is 5.91 Å². The van der Waals surface area contributed by atoms with E-state index in [2.05, 4.69) is 15.6 Å². The van der Waals surface area contributed by atoms with E-state index in [-0.39, 0.29) is 5.91 Å². The largest absolute Gasteiger partial charge is 0.472 e. The summed E-state index contributed by atoms with van der Waals surface area (Å²) in [6.45, 7) is 3.16. The first-order chi connectivity index (χ1) is 8.75. The molecule has 18 heavy (non-hydrogen) atoms. The quantitative estimate of drug-likeness (QED) is 0.788. The maximum Gasteiger partial charge on any atom is 0.254 e. The van der Waals surface area contributed by atoms with Gasteiger partial charge in [-0.1, -0.05) is 0 Å². The lowest BCUT2D eigenvalue weighted by atomic mass is 10.3. The molecule has 0 fully saturated rings. The number of pyridine rings is 1. The number of nitrogens with zero attached hydrogens (tertiary/aromatic N) is 1. The van der Waals surface area contributed by atoms with Crippen molar-refractivity contribution in [2.45, 2.75) is 6.92 Å². The number of rotatable bonds is 5. The first kappa shape index (κ1) is 12.2. The molecule has 2 heterocycles. The Labute approximate surface area is 105 Å². The van der Waals surface area contributed by atoms with Crippen molar-refractivity contribution in [2.24, 2.45) is 0 Å². The zero-order valence-corrected chi connectivity index (χ0v) is 10.1. The molecule has 94 valence electrons. The number of carbonyl (C=O) groups is 1. The molecule has 2 aromatic rings. The van der Waals surface area contributed by atoms with Crippen LogP contribution in [0, 0.1) is 6.92 Å². The van der Waals surface area contributed by atoms with Crippen molar-refractivity contribution >= 4 is 11.7 Å². The Balaban J connectivity index is 1.72. The molecule has 0 bridgehead atoms. The number of nitrogens with one attached hydrogen (secondary N) is 2. The molecule has 0 aliphatic carbocycles. The number of hydrogen-bond donors (Lipinski definition) is 2. The molecular weight excluding hydrogens is 230 g/mol. The fourth-order valence-electron chi connectivity index (χ4n) is 1.50. The fraction of sp³-hybridized carbons (Fsp3) is 0.231. The Bertz CT molecular complexity index is 509. The first-order valence-electron chi connectivity index (χ1n) is 5.72. The van der Waals surface area contributed by atoms with Crippen molar-refractivity contribution in [1.29, 1.82) is 0 Å². The van der Waals surface area contributed by atoms with Gasteiger partial charge >= 0.3 is 0 Å². The standard InChI is InChI=1S/C13H15N3O2/c1-10-2-4-14-12(8-10)15-5-6-16-13(17)11-3-7-18-9-11/h2-4,7-9H,5-6H2,1H3,(H,14,15)(H,16,17).